The zero-order chi connectivity index (χ0) is 11.8. The highest BCUT2D eigenvalue weighted by atomic mass is 32.2. The quantitative estimate of drug-likeness (QED) is 0.829. The average molecular weight is 242 g/mol. The first-order valence-corrected chi connectivity index (χ1v) is 5.93. The molecule has 0 atom stereocenters. The molecule has 0 unspecified atom stereocenters. The van der Waals surface area contributed by atoms with E-state index >= 15 is 0 Å². The second-order valence-corrected chi connectivity index (χ2v) is 4.89. The van der Waals surface area contributed by atoms with Crippen LogP contribution in [0.5, 0.6) is 0 Å². The molecule has 0 amide bonds. The third-order valence-electron chi connectivity index (χ3n) is 2.15. The zero-order valence-corrected chi connectivity index (χ0v) is 9.50. The van der Waals surface area contributed by atoms with Crippen molar-refractivity contribution < 1.29 is 12.9 Å². The van der Waals surface area contributed by atoms with Crippen molar-refractivity contribution in [2.75, 3.05) is 4.72 Å². The van der Waals surface area contributed by atoms with Gasteiger partial charge < -0.3 is 9.51 Å². The van der Waals surface area contributed by atoms with Crippen LogP contribution < -0.4 is 4.72 Å². The minimum Gasteiger partial charge on any atom is -0.337 e. The van der Waals surface area contributed by atoms with Crippen LogP contribution in [0, 0.1) is 13.8 Å². The predicted molar refractivity (Wildman–Crippen MR) is 55.4 cm³/mol. The fourth-order valence-corrected chi connectivity index (χ4v) is 2.03. The molecule has 0 aliphatic heterocycles. The van der Waals surface area contributed by atoms with Crippen molar-refractivity contribution in [1.82, 2.24) is 15.1 Å². The van der Waals surface area contributed by atoms with Gasteiger partial charge in [-0.15, -0.1) is 0 Å². The molecule has 86 valence electrons. The van der Waals surface area contributed by atoms with Gasteiger partial charge >= 0.3 is 0 Å². The van der Waals surface area contributed by atoms with Gasteiger partial charge in [-0.05, 0) is 13.8 Å². The Morgan fingerprint density at radius 2 is 2.19 bits per heavy atom. The fourth-order valence-electron chi connectivity index (χ4n) is 1.08. The number of aromatic nitrogens is 3. The monoisotopic (exact) mass is 242 g/mol. The van der Waals surface area contributed by atoms with Gasteiger partial charge in [0.1, 0.15) is 0 Å². The first-order chi connectivity index (χ1) is 7.50. The second kappa shape index (κ2) is 3.63. The maximum absolute atomic E-state index is 11.8. The fraction of sp³-hybridized carbons (Fsp3) is 0.250. The lowest BCUT2D eigenvalue weighted by atomic mass is 10.3. The topological polar surface area (TPSA) is 101 Å². The van der Waals surface area contributed by atoms with Gasteiger partial charge in [-0.3, -0.25) is 0 Å². The molecule has 0 spiro atoms. The van der Waals surface area contributed by atoms with Crippen molar-refractivity contribution in [1.29, 1.82) is 0 Å². The minimum absolute atomic E-state index is 0.0269. The van der Waals surface area contributed by atoms with Crippen LogP contribution in [0.15, 0.2) is 22.1 Å². The van der Waals surface area contributed by atoms with Gasteiger partial charge in [0.2, 0.25) is 5.88 Å². The summed E-state index contributed by atoms with van der Waals surface area (Å²) in [7, 11) is -3.68. The molecule has 0 aromatic carbocycles. The van der Waals surface area contributed by atoms with E-state index in [4.69, 9.17) is 4.52 Å². The molecule has 0 aliphatic rings. The Hall–Kier alpha value is -1.83. The van der Waals surface area contributed by atoms with E-state index in [0.29, 0.717) is 11.3 Å². The molecule has 0 radical (unpaired) electrons. The van der Waals surface area contributed by atoms with Crippen molar-refractivity contribution in [3.8, 4) is 0 Å². The van der Waals surface area contributed by atoms with Crippen LogP contribution in [0.4, 0.5) is 5.88 Å². The number of imidazole rings is 1. The molecule has 2 aromatic heterocycles. The van der Waals surface area contributed by atoms with E-state index in [2.05, 4.69) is 19.8 Å². The number of nitrogens with one attached hydrogen (secondary N) is 2. The van der Waals surface area contributed by atoms with Gasteiger partial charge in [-0.1, -0.05) is 5.16 Å². The van der Waals surface area contributed by atoms with Crippen molar-refractivity contribution in [2.24, 2.45) is 0 Å². The summed E-state index contributed by atoms with van der Waals surface area (Å²) >= 11 is 0. The summed E-state index contributed by atoms with van der Waals surface area (Å²) in [5.41, 5.74) is 1.30. The zero-order valence-electron chi connectivity index (χ0n) is 8.68. The normalized spacial score (nSPS) is 11.6. The molecular weight excluding hydrogens is 232 g/mol. The number of aryl methyl sites for hydroxylation is 1. The minimum atomic E-state index is -3.68. The van der Waals surface area contributed by atoms with Crippen LogP contribution in [0.3, 0.4) is 0 Å². The summed E-state index contributed by atoms with van der Waals surface area (Å²) in [4.78, 5) is 6.14. The number of nitrogens with zero attached hydrogens (tertiary/aromatic N) is 2. The van der Waals surface area contributed by atoms with Gasteiger partial charge in [0, 0.05) is 5.56 Å². The van der Waals surface area contributed by atoms with Crippen LogP contribution in [-0.4, -0.2) is 23.5 Å². The van der Waals surface area contributed by atoms with Gasteiger partial charge in [-0.25, -0.2) is 9.71 Å². The summed E-state index contributed by atoms with van der Waals surface area (Å²) < 4.78 is 30.6. The Balaban J connectivity index is 2.32. The highest BCUT2D eigenvalue weighted by molar-refractivity contribution is 7.92. The average Bonchev–Trinajstić information content (AvgIpc) is 2.83. The molecule has 16 heavy (non-hydrogen) atoms. The lowest BCUT2D eigenvalue weighted by Gasteiger charge is -2.02. The standard InChI is InChI=1S/C8H10N4O3S/c1-5-6(2)11-15-8(5)12-16(13,14)7-3-9-4-10-7/h3-4,12H,1-2H3,(H,9,10). The SMILES string of the molecule is Cc1noc(NS(=O)(=O)c2cnc[nH]2)c1C. The number of hydrogen-bond acceptors (Lipinski definition) is 5. The number of sulfonamides is 1. The lowest BCUT2D eigenvalue weighted by molar-refractivity contribution is 0.430. The Kier molecular flexibility index (Phi) is 2.43. The molecular formula is C8H10N4O3S. The number of hydrogen-bond donors (Lipinski definition) is 2. The maximum atomic E-state index is 11.8. The highest BCUT2D eigenvalue weighted by Gasteiger charge is 2.19. The summed E-state index contributed by atoms with van der Waals surface area (Å²) in [5.74, 6) is 0.118. The van der Waals surface area contributed by atoms with Crippen molar-refractivity contribution in [3.63, 3.8) is 0 Å². The third-order valence-corrected chi connectivity index (χ3v) is 3.40. The van der Waals surface area contributed by atoms with E-state index in [-0.39, 0.29) is 10.9 Å². The molecule has 0 bridgehead atoms. The van der Waals surface area contributed by atoms with Crippen LogP contribution in [0.25, 0.3) is 0 Å². The Bertz CT molecular complexity index is 585. The summed E-state index contributed by atoms with van der Waals surface area (Å²) in [6.07, 6.45) is 2.49. The summed E-state index contributed by atoms with van der Waals surface area (Å²) in [6, 6.07) is 0. The van der Waals surface area contributed by atoms with Crippen LogP contribution in [0.2, 0.25) is 0 Å². The smallest absolute Gasteiger partial charge is 0.281 e. The molecule has 2 aromatic rings. The van der Waals surface area contributed by atoms with E-state index in [1.54, 1.807) is 13.8 Å². The molecule has 7 nitrogen and oxygen atoms in total. The van der Waals surface area contributed by atoms with Gasteiger partial charge in [-0.2, -0.15) is 8.42 Å². The Morgan fingerprint density at radius 1 is 1.44 bits per heavy atom. The summed E-state index contributed by atoms with van der Waals surface area (Å²) in [6.45, 7) is 3.45. The molecule has 2 heterocycles. The van der Waals surface area contributed by atoms with Crippen molar-refractivity contribution in [3.05, 3.63) is 23.8 Å². The van der Waals surface area contributed by atoms with Crippen LogP contribution in [0.1, 0.15) is 11.3 Å². The molecule has 8 heteroatoms. The first kappa shape index (κ1) is 10.7. The van der Waals surface area contributed by atoms with Crippen LogP contribution >= 0.6 is 0 Å². The van der Waals surface area contributed by atoms with E-state index in [9.17, 15) is 8.42 Å². The van der Waals surface area contributed by atoms with E-state index in [1.165, 1.54) is 12.5 Å². The van der Waals surface area contributed by atoms with E-state index < -0.39 is 10.0 Å². The largest absolute Gasteiger partial charge is 0.337 e. The van der Waals surface area contributed by atoms with Gasteiger partial charge in [0.05, 0.1) is 18.2 Å². The molecule has 2 rings (SSSR count). The maximum Gasteiger partial charge on any atom is 0.281 e. The lowest BCUT2D eigenvalue weighted by Crippen LogP contribution is -2.13. The number of H-pyrrole nitrogens is 1. The number of anilines is 1. The molecule has 0 saturated heterocycles. The first-order valence-electron chi connectivity index (χ1n) is 4.45. The van der Waals surface area contributed by atoms with E-state index in [0.717, 1.165) is 0 Å². The van der Waals surface area contributed by atoms with Gasteiger partial charge in [0.25, 0.3) is 10.0 Å². The molecule has 0 saturated carbocycles. The van der Waals surface area contributed by atoms with Crippen LogP contribution in [-0.2, 0) is 10.0 Å². The van der Waals surface area contributed by atoms with Gasteiger partial charge in [0.15, 0.2) is 5.03 Å². The molecule has 0 aliphatic carbocycles. The summed E-state index contributed by atoms with van der Waals surface area (Å²) in [5, 5.41) is 3.63. The Labute approximate surface area is 91.9 Å². The second-order valence-electron chi connectivity index (χ2n) is 3.24. The third kappa shape index (κ3) is 1.78. The van der Waals surface area contributed by atoms with Crippen molar-refractivity contribution >= 4 is 15.9 Å². The highest BCUT2D eigenvalue weighted by Crippen LogP contribution is 2.20. The Morgan fingerprint density at radius 3 is 2.69 bits per heavy atom. The number of rotatable bonds is 3. The molecule has 2 N–H and O–H groups in total. The number of aromatic amines is 1. The molecule has 0 fully saturated rings. The predicted octanol–water partition coefficient (Wildman–Crippen LogP) is 0.815. The van der Waals surface area contributed by atoms with E-state index in [1.807, 2.05) is 0 Å². The van der Waals surface area contributed by atoms with Crippen molar-refractivity contribution in [2.45, 2.75) is 18.9 Å².